The Hall–Kier alpha value is -1.95. The third-order valence-electron chi connectivity index (χ3n) is 4.31. The maximum Gasteiger partial charge on any atom is 0.134 e. The number of halogens is 2. The fourth-order valence-corrected chi connectivity index (χ4v) is 3.18. The molecule has 1 fully saturated rings. The lowest BCUT2D eigenvalue weighted by Crippen LogP contribution is -2.45. The average Bonchev–Trinajstić information content (AvgIpc) is 2.97. The zero-order valence-corrected chi connectivity index (χ0v) is 13.9. The molecule has 1 N–H and O–H groups in total. The number of hydrogen-bond donors (Lipinski definition) is 1. The highest BCUT2D eigenvalue weighted by molar-refractivity contribution is 5.85. The molecule has 1 atom stereocenters. The number of aromatic nitrogens is 1. The highest BCUT2D eigenvalue weighted by Gasteiger charge is 2.24. The van der Waals surface area contributed by atoms with E-state index in [4.69, 9.17) is 4.42 Å². The van der Waals surface area contributed by atoms with Gasteiger partial charge in [0.25, 0.3) is 0 Å². The monoisotopic (exact) mass is 347 g/mol. The lowest BCUT2D eigenvalue weighted by Gasteiger charge is -2.35. The van der Waals surface area contributed by atoms with Crippen molar-refractivity contribution in [2.24, 2.45) is 0 Å². The third-order valence-corrected chi connectivity index (χ3v) is 4.31. The van der Waals surface area contributed by atoms with Gasteiger partial charge in [0.1, 0.15) is 17.2 Å². The highest BCUT2D eigenvalue weighted by Crippen LogP contribution is 2.26. The molecule has 126 valence electrons. The summed E-state index contributed by atoms with van der Waals surface area (Å²) in [5.74, 6) is 0.627. The summed E-state index contributed by atoms with van der Waals surface area (Å²) in [5, 5.41) is 4.25. The summed E-state index contributed by atoms with van der Waals surface area (Å²) < 4.78 is 19.2. The van der Waals surface area contributed by atoms with Crippen LogP contribution in [0.3, 0.4) is 0 Å². The fourth-order valence-electron chi connectivity index (χ4n) is 3.18. The van der Waals surface area contributed by atoms with Gasteiger partial charge in [-0.15, -0.1) is 12.4 Å². The SMILES string of the molecule is Cl.Fc1ccc2oc(CN3CCNCC3c3cccnc3)cc2c1. The first-order chi connectivity index (χ1) is 11.3. The number of nitrogens with one attached hydrogen (secondary N) is 1. The normalized spacial score (nSPS) is 18.5. The molecule has 1 unspecified atom stereocenters. The zero-order valence-electron chi connectivity index (χ0n) is 13.1. The van der Waals surface area contributed by atoms with Crippen LogP contribution in [0.2, 0.25) is 0 Å². The molecule has 3 heterocycles. The van der Waals surface area contributed by atoms with Crippen LogP contribution < -0.4 is 5.32 Å². The van der Waals surface area contributed by atoms with E-state index < -0.39 is 0 Å². The highest BCUT2D eigenvalue weighted by atomic mass is 35.5. The standard InChI is InChI=1S/C18H18FN3O.ClH/c19-15-3-4-18-14(8-15)9-16(23-18)12-22-7-6-21-11-17(22)13-2-1-5-20-10-13;/h1-5,8-10,17,21H,6-7,11-12H2;1H. The number of hydrogen-bond acceptors (Lipinski definition) is 4. The lowest BCUT2D eigenvalue weighted by atomic mass is 10.1. The van der Waals surface area contributed by atoms with Crippen LogP contribution in [-0.2, 0) is 6.54 Å². The van der Waals surface area contributed by atoms with Crippen LogP contribution in [-0.4, -0.2) is 29.5 Å². The average molecular weight is 348 g/mol. The maximum atomic E-state index is 13.3. The number of rotatable bonds is 3. The molecule has 3 aromatic rings. The summed E-state index contributed by atoms with van der Waals surface area (Å²) in [7, 11) is 0. The molecule has 6 heteroatoms. The van der Waals surface area contributed by atoms with E-state index in [0.717, 1.165) is 36.4 Å². The van der Waals surface area contributed by atoms with Crippen molar-refractivity contribution in [3.05, 3.63) is 65.9 Å². The van der Waals surface area contributed by atoms with Crippen molar-refractivity contribution in [2.75, 3.05) is 19.6 Å². The molecule has 0 bridgehead atoms. The van der Waals surface area contributed by atoms with E-state index >= 15 is 0 Å². The van der Waals surface area contributed by atoms with Crippen LogP contribution in [0.5, 0.6) is 0 Å². The Morgan fingerprint density at radius 1 is 1.29 bits per heavy atom. The molecule has 0 spiro atoms. The van der Waals surface area contributed by atoms with Crippen molar-refractivity contribution in [1.29, 1.82) is 0 Å². The van der Waals surface area contributed by atoms with Crippen molar-refractivity contribution in [2.45, 2.75) is 12.6 Å². The van der Waals surface area contributed by atoms with E-state index in [-0.39, 0.29) is 24.3 Å². The third kappa shape index (κ3) is 3.43. The van der Waals surface area contributed by atoms with Crippen LogP contribution in [0.25, 0.3) is 11.0 Å². The smallest absolute Gasteiger partial charge is 0.134 e. The second-order valence-corrected chi connectivity index (χ2v) is 5.87. The first-order valence-electron chi connectivity index (χ1n) is 7.82. The molecular formula is C18H19ClFN3O. The van der Waals surface area contributed by atoms with Crippen molar-refractivity contribution >= 4 is 23.4 Å². The van der Waals surface area contributed by atoms with Crippen LogP contribution in [0.4, 0.5) is 4.39 Å². The number of nitrogens with zero attached hydrogens (tertiary/aromatic N) is 2. The molecule has 1 aromatic carbocycles. The van der Waals surface area contributed by atoms with E-state index in [1.165, 1.54) is 17.7 Å². The van der Waals surface area contributed by atoms with Crippen molar-refractivity contribution in [3.8, 4) is 0 Å². The summed E-state index contributed by atoms with van der Waals surface area (Å²) in [6.45, 7) is 3.48. The molecule has 4 rings (SSSR count). The van der Waals surface area contributed by atoms with Gasteiger partial charge in [0.15, 0.2) is 0 Å². The predicted octanol–water partition coefficient (Wildman–Crippen LogP) is 3.54. The molecule has 1 aliphatic rings. The molecule has 0 amide bonds. The van der Waals surface area contributed by atoms with Crippen molar-refractivity contribution < 1.29 is 8.81 Å². The van der Waals surface area contributed by atoms with E-state index in [1.807, 2.05) is 18.3 Å². The summed E-state index contributed by atoms with van der Waals surface area (Å²) in [4.78, 5) is 6.60. The first-order valence-corrected chi connectivity index (χ1v) is 7.82. The van der Waals surface area contributed by atoms with Gasteiger partial charge in [-0.2, -0.15) is 0 Å². The second-order valence-electron chi connectivity index (χ2n) is 5.87. The lowest BCUT2D eigenvalue weighted by molar-refractivity contribution is 0.143. The Bertz CT molecular complexity index is 808. The number of fused-ring (bicyclic) bond motifs is 1. The molecule has 0 saturated carbocycles. The van der Waals surface area contributed by atoms with Gasteiger partial charge in [-0.05, 0) is 35.9 Å². The minimum Gasteiger partial charge on any atom is -0.460 e. The molecule has 1 aliphatic heterocycles. The second kappa shape index (κ2) is 7.30. The van der Waals surface area contributed by atoms with Gasteiger partial charge in [0.2, 0.25) is 0 Å². The number of benzene rings is 1. The molecule has 24 heavy (non-hydrogen) atoms. The maximum absolute atomic E-state index is 13.3. The largest absolute Gasteiger partial charge is 0.460 e. The summed E-state index contributed by atoms with van der Waals surface area (Å²) >= 11 is 0. The van der Waals surface area contributed by atoms with Crippen LogP contribution in [0, 0.1) is 5.82 Å². The van der Waals surface area contributed by atoms with Crippen molar-refractivity contribution in [1.82, 2.24) is 15.2 Å². The minimum atomic E-state index is -0.236. The topological polar surface area (TPSA) is 41.3 Å². The molecule has 2 aromatic heterocycles. The molecule has 1 saturated heterocycles. The first kappa shape index (κ1) is 16.9. The molecule has 0 aliphatic carbocycles. The van der Waals surface area contributed by atoms with Gasteiger partial charge in [-0.1, -0.05) is 6.07 Å². The fraction of sp³-hybridized carbons (Fsp3) is 0.278. The van der Waals surface area contributed by atoms with Gasteiger partial charge >= 0.3 is 0 Å². The summed E-state index contributed by atoms with van der Waals surface area (Å²) in [5.41, 5.74) is 1.93. The Morgan fingerprint density at radius 3 is 3.04 bits per heavy atom. The molecule has 0 radical (unpaired) electrons. The van der Waals surface area contributed by atoms with E-state index in [9.17, 15) is 4.39 Å². The van der Waals surface area contributed by atoms with Gasteiger partial charge < -0.3 is 9.73 Å². The van der Waals surface area contributed by atoms with Crippen LogP contribution in [0.1, 0.15) is 17.4 Å². The molecular weight excluding hydrogens is 329 g/mol. The summed E-state index contributed by atoms with van der Waals surface area (Å²) in [6.07, 6.45) is 3.70. The van der Waals surface area contributed by atoms with Gasteiger partial charge in [0.05, 0.1) is 6.54 Å². The van der Waals surface area contributed by atoms with Gasteiger partial charge in [-0.25, -0.2) is 4.39 Å². The minimum absolute atomic E-state index is 0. The van der Waals surface area contributed by atoms with Gasteiger partial charge in [0, 0.05) is 43.5 Å². The predicted molar refractivity (Wildman–Crippen MR) is 93.7 cm³/mol. The van der Waals surface area contributed by atoms with Crippen LogP contribution in [0.15, 0.2) is 53.2 Å². The summed E-state index contributed by atoms with van der Waals surface area (Å²) in [6, 6.07) is 10.9. The van der Waals surface area contributed by atoms with E-state index in [2.05, 4.69) is 21.3 Å². The Morgan fingerprint density at radius 2 is 2.21 bits per heavy atom. The Balaban J connectivity index is 0.00000169. The van der Waals surface area contributed by atoms with Gasteiger partial charge in [-0.3, -0.25) is 9.88 Å². The van der Waals surface area contributed by atoms with E-state index in [1.54, 1.807) is 12.3 Å². The number of piperazine rings is 1. The van der Waals surface area contributed by atoms with Crippen molar-refractivity contribution in [3.63, 3.8) is 0 Å². The molecule has 4 nitrogen and oxygen atoms in total. The Kier molecular flexibility index (Phi) is 5.14. The van der Waals surface area contributed by atoms with Crippen LogP contribution >= 0.6 is 12.4 Å². The number of furan rings is 1. The zero-order chi connectivity index (χ0) is 15.6. The number of pyridine rings is 1. The quantitative estimate of drug-likeness (QED) is 0.787. The Labute approximate surface area is 146 Å². The van der Waals surface area contributed by atoms with E-state index in [0.29, 0.717) is 6.54 Å².